The molecule has 144 valence electrons. The fourth-order valence-corrected chi connectivity index (χ4v) is 2.99. The van der Waals surface area contributed by atoms with Crippen molar-refractivity contribution in [2.24, 2.45) is 0 Å². The molecule has 1 aliphatic heterocycles. The fourth-order valence-electron chi connectivity index (χ4n) is 2.99. The number of hydrogen-bond acceptors (Lipinski definition) is 6. The SMILES string of the molecule is COCCCNc1ccc(C(=O)N2CCN(c3ccccc3F)CC2)nn1. The Labute approximate surface area is 158 Å². The molecule has 0 radical (unpaired) electrons. The van der Waals surface area contributed by atoms with Gasteiger partial charge in [-0.25, -0.2) is 4.39 Å². The highest BCUT2D eigenvalue weighted by atomic mass is 19.1. The van der Waals surface area contributed by atoms with Crippen LogP contribution in [-0.4, -0.2) is 67.4 Å². The zero-order valence-electron chi connectivity index (χ0n) is 15.4. The van der Waals surface area contributed by atoms with Crippen molar-refractivity contribution in [3.63, 3.8) is 0 Å². The summed E-state index contributed by atoms with van der Waals surface area (Å²) >= 11 is 0. The molecule has 0 spiro atoms. The smallest absolute Gasteiger partial charge is 0.274 e. The summed E-state index contributed by atoms with van der Waals surface area (Å²) in [6.07, 6.45) is 0.866. The average molecular weight is 373 g/mol. The Hall–Kier alpha value is -2.74. The van der Waals surface area contributed by atoms with E-state index < -0.39 is 0 Å². The Morgan fingerprint density at radius 1 is 1.15 bits per heavy atom. The van der Waals surface area contributed by atoms with E-state index in [1.807, 2.05) is 11.0 Å². The van der Waals surface area contributed by atoms with Gasteiger partial charge in [0.25, 0.3) is 5.91 Å². The molecule has 1 saturated heterocycles. The van der Waals surface area contributed by atoms with E-state index in [9.17, 15) is 9.18 Å². The Bertz CT molecular complexity index is 748. The zero-order valence-corrected chi connectivity index (χ0v) is 15.4. The van der Waals surface area contributed by atoms with Crippen LogP contribution in [0.25, 0.3) is 0 Å². The van der Waals surface area contributed by atoms with Crippen LogP contribution in [0.5, 0.6) is 0 Å². The molecule has 8 heteroatoms. The number of anilines is 2. The Kier molecular flexibility index (Phi) is 6.54. The first-order valence-corrected chi connectivity index (χ1v) is 9.04. The molecule has 1 fully saturated rings. The van der Waals surface area contributed by atoms with Crippen molar-refractivity contribution in [1.29, 1.82) is 0 Å². The van der Waals surface area contributed by atoms with Crippen LogP contribution in [-0.2, 0) is 4.74 Å². The summed E-state index contributed by atoms with van der Waals surface area (Å²) in [4.78, 5) is 16.3. The number of para-hydroxylation sites is 1. The number of piperazine rings is 1. The molecule has 1 aliphatic rings. The minimum absolute atomic E-state index is 0.151. The standard InChI is InChI=1S/C19H24FN5O2/c1-27-14-4-9-21-18-8-7-16(22-23-18)19(26)25-12-10-24(11-13-25)17-6-3-2-5-15(17)20/h2-3,5-8H,4,9-14H2,1H3,(H,21,23). The van der Waals surface area contributed by atoms with Crippen LogP contribution >= 0.6 is 0 Å². The lowest BCUT2D eigenvalue weighted by molar-refractivity contribution is 0.0739. The first-order chi connectivity index (χ1) is 13.2. The number of amides is 1. The summed E-state index contributed by atoms with van der Waals surface area (Å²) in [7, 11) is 1.66. The molecular weight excluding hydrogens is 349 g/mol. The minimum atomic E-state index is -0.239. The van der Waals surface area contributed by atoms with Gasteiger partial charge in [0.1, 0.15) is 11.6 Å². The second kappa shape index (κ2) is 9.27. The highest BCUT2D eigenvalue weighted by Crippen LogP contribution is 2.20. The molecule has 2 heterocycles. The molecule has 1 N–H and O–H groups in total. The number of halogens is 1. The number of aromatic nitrogens is 2. The van der Waals surface area contributed by atoms with E-state index in [1.165, 1.54) is 6.07 Å². The molecule has 3 rings (SSSR count). The van der Waals surface area contributed by atoms with Crippen LogP contribution in [0.1, 0.15) is 16.9 Å². The summed E-state index contributed by atoms with van der Waals surface area (Å²) in [6.45, 7) is 3.61. The highest BCUT2D eigenvalue weighted by molar-refractivity contribution is 5.92. The third kappa shape index (κ3) is 4.91. The maximum Gasteiger partial charge on any atom is 0.274 e. The van der Waals surface area contributed by atoms with Crippen LogP contribution in [0.4, 0.5) is 15.9 Å². The Balaban J connectivity index is 1.52. The van der Waals surface area contributed by atoms with Gasteiger partial charge in [-0.05, 0) is 30.7 Å². The maximum absolute atomic E-state index is 13.9. The van der Waals surface area contributed by atoms with Crippen molar-refractivity contribution in [2.75, 3.05) is 56.7 Å². The largest absolute Gasteiger partial charge is 0.385 e. The van der Waals surface area contributed by atoms with Crippen molar-refractivity contribution in [2.45, 2.75) is 6.42 Å². The molecule has 0 aliphatic carbocycles. The average Bonchev–Trinajstić information content (AvgIpc) is 2.72. The number of ether oxygens (including phenoxy) is 1. The monoisotopic (exact) mass is 373 g/mol. The Morgan fingerprint density at radius 2 is 1.93 bits per heavy atom. The van der Waals surface area contributed by atoms with E-state index in [-0.39, 0.29) is 11.7 Å². The fraction of sp³-hybridized carbons (Fsp3) is 0.421. The lowest BCUT2D eigenvalue weighted by atomic mass is 10.2. The van der Waals surface area contributed by atoms with Crippen molar-refractivity contribution in [3.05, 3.63) is 47.9 Å². The van der Waals surface area contributed by atoms with Gasteiger partial charge in [0, 0.05) is 46.4 Å². The topological polar surface area (TPSA) is 70.6 Å². The van der Waals surface area contributed by atoms with Gasteiger partial charge < -0.3 is 19.9 Å². The van der Waals surface area contributed by atoms with Crippen molar-refractivity contribution in [1.82, 2.24) is 15.1 Å². The van der Waals surface area contributed by atoms with Gasteiger partial charge >= 0.3 is 0 Å². The third-order valence-electron chi connectivity index (χ3n) is 4.48. The molecule has 1 amide bonds. The van der Waals surface area contributed by atoms with E-state index in [0.717, 1.165) is 13.0 Å². The zero-order chi connectivity index (χ0) is 19.1. The number of hydrogen-bond donors (Lipinski definition) is 1. The van der Waals surface area contributed by atoms with Crippen LogP contribution in [0, 0.1) is 5.82 Å². The number of methoxy groups -OCH3 is 1. The van der Waals surface area contributed by atoms with Crippen LogP contribution < -0.4 is 10.2 Å². The van der Waals surface area contributed by atoms with Gasteiger partial charge in [0.05, 0.1) is 5.69 Å². The predicted molar refractivity (Wildman–Crippen MR) is 102 cm³/mol. The molecule has 0 bridgehead atoms. The van der Waals surface area contributed by atoms with E-state index in [0.29, 0.717) is 50.0 Å². The molecule has 1 aromatic carbocycles. The predicted octanol–water partition coefficient (Wildman–Crippen LogP) is 2.03. The second-order valence-corrected chi connectivity index (χ2v) is 6.31. The maximum atomic E-state index is 13.9. The first kappa shape index (κ1) is 19.0. The number of rotatable bonds is 7. The lowest BCUT2D eigenvalue weighted by Crippen LogP contribution is -2.49. The summed E-state index contributed by atoms with van der Waals surface area (Å²) in [5.74, 6) is 0.241. The summed E-state index contributed by atoms with van der Waals surface area (Å²) in [5.41, 5.74) is 0.894. The van der Waals surface area contributed by atoms with Crippen LogP contribution in [0.3, 0.4) is 0 Å². The van der Waals surface area contributed by atoms with Gasteiger partial charge in [-0.3, -0.25) is 4.79 Å². The number of nitrogens with one attached hydrogen (secondary N) is 1. The van der Waals surface area contributed by atoms with E-state index in [1.54, 1.807) is 36.3 Å². The van der Waals surface area contributed by atoms with Gasteiger partial charge in [-0.15, -0.1) is 10.2 Å². The van der Waals surface area contributed by atoms with E-state index in [2.05, 4.69) is 15.5 Å². The van der Waals surface area contributed by atoms with Crippen molar-refractivity contribution < 1.29 is 13.9 Å². The quantitative estimate of drug-likeness (QED) is 0.749. The van der Waals surface area contributed by atoms with Gasteiger partial charge in [-0.1, -0.05) is 12.1 Å². The number of carbonyl (C=O) groups excluding carboxylic acids is 1. The lowest BCUT2D eigenvalue weighted by Gasteiger charge is -2.36. The molecule has 0 unspecified atom stereocenters. The van der Waals surface area contributed by atoms with Gasteiger partial charge in [0.15, 0.2) is 5.69 Å². The first-order valence-electron chi connectivity index (χ1n) is 9.04. The molecule has 0 atom stereocenters. The van der Waals surface area contributed by atoms with Gasteiger partial charge in [-0.2, -0.15) is 0 Å². The molecule has 0 saturated carbocycles. The van der Waals surface area contributed by atoms with Crippen LogP contribution in [0.15, 0.2) is 36.4 Å². The number of benzene rings is 1. The highest BCUT2D eigenvalue weighted by Gasteiger charge is 2.24. The molecule has 7 nitrogen and oxygen atoms in total. The molecule has 1 aromatic heterocycles. The second-order valence-electron chi connectivity index (χ2n) is 6.31. The number of carbonyl (C=O) groups is 1. The molecule has 2 aromatic rings. The summed E-state index contributed by atoms with van der Waals surface area (Å²) in [5, 5.41) is 11.2. The molecular formula is C19H24FN5O2. The van der Waals surface area contributed by atoms with Gasteiger partial charge in [0.2, 0.25) is 0 Å². The van der Waals surface area contributed by atoms with Crippen molar-refractivity contribution in [3.8, 4) is 0 Å². The van der Waals surface area contributed by atoms with E-state index in [4.69, 9.17) is 4.74 Å². The normalized spacial score (nSPS) is 14.3. The van der Waals surface area contributed by atoms with Crippen LogP contribution in [0.2, 0.25) is 0 Å². The number of nitrogens with zero attached hydrogens (tertiary/aromatic N) is 4. The Morgan fingerprint density at radius 3 is 2.59 bits per heavy atom. The van der Waals surface area contributed by atoms with Crippen molar-refractivity contribution >= 4 is 17.4 Å². The van der Waals surface area contributed by atoms with E-state index >= 15 is 0 Å². The third-order valence-corrected chi connectivity index (χ3v) is 4.48. The summed E-state index contributed by atoms with van der Waals surface area (Å²) in [6, 6.07) is 10.1. The minimum Gasteiger partial charge on any atom is -0.385 e. The molecule has 27 heavy (non-hydrogen) atoms. The summed E-state index contributed by atoms with van der Waals surface area (Å²) < 4.78 is 18.9.